The molecule has 0 aliphatic carbocycles. The Balaban J connectivity index is 2.60. The average Bonchev–Trinajstić information content (AvgIpc) is 1.62. The fourth-order valence-corrected chi connectivity index (χ4v) is 0.766. The van der Waals surface area contributed by atoms with Crippen molar-refractivity contribution in [3.05, 3.63) is 0 Å². The Bertz CT molecular complexity index is 141. The third-order valence-electron chi connectivity index (χ3n) is 1.81. The van der Waals surface area contributed by atoms with E-state index in [1.807, 2.05) is 19.0 Å². The standard InChI is InChI=1S/C7H11NO/c1-4-7(8(2)3)5-9-6-7/h1H,5-6H2,2-3H3. The number of hydrogen-bond donors (Lipinski definition) is 0. The quantitative estimate of drug-likeness (QED) is 0.456. The smallest absolute Gasteiger partial charge is 0.129 e. The van der Waals surface area contributed by atoms with Gasteiger partial charge in [-0.1, -0.05) is 5.92 Å². The third-order valence-corrected chi connectivity index (χ3v) is 1.81. The molecule has 0 aromatic heterocycles. The van der Waals surface area contributed by atoms with Gasteiger partial charge in [-0.25, -0.2) is 0 Å². The van der Waals surface area contributed by atoms with E-state index < -0.39 is 0 Å². The first-order chi connectivity index (χ1) is 4.21. The molecule has 1 rings (SSSR count). The highest BCUT2D eigenvalue weighted by molar-refractivity contribution is 5.17. The molecule has 0 unspecified atom stereocenters. The highest BCUT2D eigenvalue weighted by Gasteiger charge is 2.38. The molecule has 0 spiro atoms. The minimum atomic E-state index is -0.0972. The summed E-state index contributed by atoms with van der Waals surface area (Å²) < 4.78 is 5.01. The Morgan fingerprint density at radius 2 is 2.11 bits per heavy atom. The van der Waals surface area contributed by atoms with Crippen LogP contribution in [0, 0.1) is 12.3 Å². The molecule has 1 aliphatic rings. The molecule has 0 N–H and O–H groups in total. The van der Waals surface area contributed by atoms with Crippen LogP contribution < -0.4 is 0 Å². The maximum atomic E-state index is 5.30. The normalized spacial score (nSPS) is 22.9. The second kappa shape index (κ2) is 2.02. The van der Waals surface area contributed by atoms with Gasteiger partial charge in [0.05, 0.1) is 13.2 Å². The minimum Gasteiger partial charge on any atom is -0.375 e. The number of rotatable bonds is 1. The summed E-state index contributed by atoms with van der Waals surface area (Å²) >= 11 is 0. The van der Waals surface area contributed by atoms with Crippen LogP contribution in [0.15, 0.2) is 0 Å². The molecule has 0 bridgehead atoms. The fourth-order valence-electron chi connectivity index (χ4n) is 0.766. The fraction of sp³-hybridized carbons (Fsp3) is 0.714. The molecule has 1 aliphatic heterocycles. The lowest BCUT2D eigenvalue weighted by Gasteiger charge is -2.42. The van der Waals surface area contributed by atoms with Crippen LogP contribution in [0.2, 0.25) is 0 Å². The van der Waals surface area contributed by atoms with Crippen molar-refractivity contribution in [2.75, 3.05) is 27.3 Å². The lowest BCUT2D eigenvalue weighted by molar-refractivity contribution is -0.0897. The molecule has 0 radical (unpaired) electrons. The van der Waals surface area contributed by atoms with E-state index in [0.717, 1.165) is 0 Å². The first-order valence-corrected chi connectivity index (χ1v) is 2.94. The Labute approximate surface area is 55.8 Å². The van der Waals surface area contributed by atoms with Gasteiger partial charge in [0.1, 0.15) is 5.54 Å². The molecule has 0 amide bonds. The van der Waals surface area contributed by atoms with Gasteiger partial charge in [-0.15, -0.1) is 6.42 Å². The zero-order valence-corrected chi connectivity index (χ0v) is 5.85. The minimum absolute atomic E-state index is 0.0972. The van der Waals surface area contributed by atoms with Crippen molar-refractivity contribution in [3.63, 3.8) is 0 Å². The van der Waals surface area contributed by atoms with Crippen LogP contribution in [0.3, 0.4) is 0 Å². The number of hydrogen-bond acceptors (Lipinski definition) is 2. The predicted octanol–water partition coefficient (Wildman–Crippen LogP) is -0.0498. The first kappa shape index (κ1) is 6.60. The van der Waals surface area contributed by atoms with Crippen molar-refractivity contribution < 1.29 is 4.74 Å². The van der Waals surface area contributed by atoms with E-state index in [1.54, 1.807) is 0 Å². The summed E-state index contributed by atoms with van der Waals surface area (Å²) in [5, 5.41) is 0. The van der Waals surface area contributed by atoms with Crippen molar-refractivity contribution >= 4 is 0 Å². The predicted molar refractivity (Wildman–Crippen MR) is 36.1 cm³/mol. The second-order valence-electron chi connectivity index (χ2n) is 2.56. The maximum Gasteiger partial charge on any atom is 0.129 e. The lowest BCUT2D eigenvalue weighted by Crippen LogP contribution is -2.58. The summed E-state index contributed by atoms with van der Waals surface area (Å²) in [6, 6.07) is 0. The summed E-state index contributed by atoms with van der Waals surface area (Å²) in [5.41, 5.74) is -0.0972. The van der Waals surface area contributed by atoms with Crippen molar-refractivity contribution in [2.45, 2.75) is 5.54 Å². The molecule has 0 aromatic rings. The van der Waals surface area contributed by atoms with Gasteiger partial charge in [-0.3, -0.25) is 4.90 Å². The van der Waals surface area contributed by atoms with Gasteiger partial charge in [0.25, 0.3) is 0 Å². The topological polar surface area (TPSA) is 12.5 Å². The van der Waals surface area contributed by atoms with Gasteiger partial charge in [0, 0.05) is 0 Å². The Kier molecular flexibility index (Phi) is 1.48. The SMILES string of the molecule is C#CC1(N(C)C)COC1. The van der Waals surface area contributed by atoms with E-state index in [2.05, 4.69) is 5.92 Å². The van der Waals surface area contributed by atoms with Gasteiger partial charge in [-0.05, 0) is 14.1 Å². The van der Waals surface area contributed by atoms with Crippen molar-refractivity contribution in [1.82, 2.24) is 4.90 Å². The highest BCUT2D eigenvalue weighted by Crippen LogP contribution is 2.20. The summed E-state index contributed by atoms with van der Waals surface area (Å²) in [7, 11) is 3.95. The van der Waals surface area contributed by atoms with E-state index in [9.17, 15) is 0 Å². The van der Waals surface area contributed by atoms with Crippen molar-refractivity contribution in [2.24, 2.45) is 0 Å². The molecule has 2 nitrogen and oxygen atoms in total. The number of nitrogens with zero attached hydrogens (tertiary/aromatic N) is 1. The van der Waals surface area contributed by atoms with Crippen LogP contribution in [0.4, 0.5) is 0 Å². The summed E-state index contributed by atoms with van der Waals surface area (Å²) in [4.78, 5) is 2.02. The second-order valence-corrected chi connectivity index (χ2v) is 2.56. The van der Waals surface area contributed by atoms with Crippen molar-refractivity contribution in [3.8, 4) is 12.3 Å². The van der Waals surface area contributed by atoms with Crippen LogP contribution >= 0.6 is 0 Å². The van der Waals surface area contributed by atoms with Crippen LogP contribution in [-0.2, 0) is 4.74 Å². The molecule has 1 saturated heterocycles. The highest BCUT2D eigenvalue weighted by atomic mass is 16.5. The van der Waals surface area contributed by atoms with E-state index >= 15 is 0 Å². The number of likely N-dealkylation sites (N-methyl/N-ethyl adjacent to an activating group) is 1. The average molecular weight is 125 g/mol. The Morgan fingerprint density at radius 3 is 2.11 bits per heavy atom. The van der Waals surface area contributed by atoms with E-state index in [1.165, 1.54) is 0 Å². The zero-order valence-electron chi connectivity index (χ0n) is 5.85. The molecule has 0 saturated carbocycles. The largest absolute Gasteiger partial charge is 0.375 e. The molecular weight excluding hydrogens is 114 g/mol. The van der Waals surface area contributed by atoms with Gasteiger partial charge in [0.2, 0.25) is 0 Å². The molecule has 1 fully saturated rings. The van der Waals surface area contributed by atoms with Gasteiger partial charge in [0.15, 0.2) is 0 Å². The molecule has 0 aromatic carbocycles. The zero-order chi connectivity index (χ0) is 6.91. The van der Waals surface area contributed by atoms with Crippen LogP contribution in [0.5, 0.6) is 0 Å². The van der Waals surface area contributed by atoms with Crippen LogP contribution in [-0.4, -0.2) is 37.7 Å². The van der Waals surface area contributed by atoms with Gasteiger partial charge >= 0.3 is 0 Å². The Morgan fingerprint density at radius 1 is 1.56 bits per heavy atom. The maximum absolute atomic E-state index is 5.30. The molecule has 1 heterocycles. The van der Waals surface area contributed by atoms with Crippen LogP contribution in [0.1, 0.15) is 0 Å². The van der Waals surface area contributed by atoms with Crippen LogP contribution in [0.25, 0.3) is 0 Å². The summed E-state index contributed by atoms with van der Waals surface area (Å²) in [6.45, 7) is 1.35. The van der Waals surface area contributed by atoms with Gasteiger partial charge < -0.3 is 4.74 Å². The lowest BCUT2D eigenvalue weighted by atomic mass is 9.98. The number of terminal acetylenes is 1. The Hall–Kier alpha value is -0.520. The van der Waals surface area contributed by atoms with E-state index in [4.69, 9.17) is 11.2 Å². The van der Waals surface area contributed by atoms with Gasteiger partial charge in [-0.2, -0.15) is 0 Å². The molecule has 0 atom stereocenters. The molecule has 9 heavy (non-hydrogen) atoms. The van der Waals surface area contributed by atoms with E-state index in [-0.39, 0.29) is 5.54 Å². The van der Waals surface area contributed by atoms with Crippen molar-refractivity contribution in [1.29, 1.82) is 0 Å². The number of ether oxygens (including phenoxy) is 1. The monoisotopic (exact) mass is 125 g/mol. The molecule has 50 valence electrons. The summed E-state index contributed by atoms with van der Waals surface area (Å²) in [6.07, 6.45) is 5.30. The molecular formula is C7H11NO. The third kappa shape index (κ3) is 0.827. The van der Waals surface area contributed by atoms with E-state index in [0.29, 0.717) is 13.2 Å². The summed E-state index contributed by atoms with van der Waals surface area (Å²) in [5.74, 6) is 2.72. The first-order valence-electron chi connectivity index (χ1n) is 2.94. The molecule has 2 heteroatoms.